The number of aromatic amines is 3. The van der Waals surface area contributed by atoms with E-state index in [4.69, 9.17) is 5.73 Å². The molecule has 2 aromatic heterocycles. The van der Waals surface area contributed by atoms with Gasteiger partial charge in [0.1, 0.15) is 0 Å². The number of nitrogens with one attached hydrogen (secondary N) is 3. The van der Waals surface area contributed by atoms with Crippen LogP contribution < -0.4 is 11.4 Å². The monoisotopic (exact) mass is 242 g/mol. The molecule has 0 bridgehead atoms. The Balaban J connectivity index is 2.09. The molecule has 1 aromatic carbocycles. The minimum Gasteiger partial charge on any atom is -0.367 e. The molecule has 5 heteroatoms. The molecule has 0 aliphatic carbocycles. The highest BCUT2D eigenvalue weighted by Crippen LogP contribution is 2.25. The molecule has 18 heavy (non-hydrogen) atoms. The van der Waals surface area contributed by atoms with Crippen LogP contribution in [0.2, 0.25) is 0 Å². The number of benzene rings is 1. The van der Waals surface area contributed by atoms with E-state index in [0.29, 0.717) is 6.54 Å². The Hall–Kier alpha value is -2.27. The highest BCUT2D eigenvalue weighted by atomic mass is 16.1. The first-order chi connectivity index (χ1) is 8.78. The molecule has 1 unspecified atom stereocenters. The minimum absolute atomic E-state index is 0.138. The van der Waals surface area contributed by atoms with Gasteiger partial charge in [0.2, 0.25) is 0 Å². The molecule has 0 aliphatic rings. The molecule has 5 nitrogen and oxygen atoms in total. The first kappa shape index (κ1) is 10.9. The predicted octanol–water partition coefficient (Wildman–Crippen LogP) is 1.27. The quantitative estimate of drug-likeness (QED) is 0.557. The van der Waals surface area contributed by atoms with E-state index in [2.05, 4.69) is 15.0 Å². The average Bonchev–Trinajstić information content (AvgIpc) is 2.97. The van der Waals surface area contributed by atoms with E-state index in [1.165, 1.54) is 0 Å². The summed E-state index contributed by atoms with van der Waals surface area (Å²) >= 11 is 0. The first-order valence-corrected chi connectivity index (χ1v) is 5.82. The molecular weight excluding hydrogens is 228 g/mol. The predicted molar refractivity (Wildman–Crippen MR) is 70.6 cm³/mol. The Labute approximate surface area is 103 Å². The van der Waals surface area contributed by atoms with Crippen molar-refractivity contribution >= 4 is 11.0 Å². The molecule has 0 fully saturated rings. The molecule has 0 aliphatic heterocycles. The van der Waals surface area contributed by atoms with E-state index >= 15 is 0 Å². The standard InChI is InChI=1S/C13H14N4O/c14-6-10(9-3-4-15-7-9)8-1-2-11-12(5-8)17-13(18)16-11/h1-5,7,10,15H,6,14H2,(H2,16,17,18). The third-order valence-corrected chi connectivity index (χ3v) is 3.20. The lowest BCUT2D eigenvalue weighted by Gasteiger charge is -2.13. The lowest BCUT2D eigenvalue weighted by molar-refractivity contribution is 0.821. The molecule has 3 aromatic rings. The molecule has 0 amide bonds. The second kappa shape index (κ2) is 4.19. The number of hydrogen-bond acceptors (Lipinski definition) is 2. The van der Waals surface area contributed by atoms with Crippen LogP contribution in [0.1, 0.15) is 17.0 Å². The van der Waals surface area contributed by atoms with Gasteiger partial charge in [-0.05, 0) is 29.3 Å². The lowest BCUT2D eigenvalue weighted by atomic mass is 9.93. The maximum absolute atomic E-state index is 11.2. The number of H-pyrrole nitrogens is 3. The Bertz CT molecular complexity index is 708. The molecule has 0 radical (unpaired) electrons. The maximum Gasteiger partial charge on any atom is 0.323 e. The van der Waals surface area contributed by atoms with E-state index in [9.17, 15) is 4.79 Å². The van der Waals surface area contributed by atoms with E-state index < -0.39 is 0 Å². The first-order valence-electron chi connectivity index (χ1n) is 5.82. The van der Waals surface area contributed by atoms with Crippen molar-refractivity contribution in [2.24, 2.45) is 5.73 Å². The number of nitrogens with two attached hydrogens (primary N) is 1. The van der Waals surface area contributed by atoms with Crippen LogP contribution in [-0.2, 0) is 0 Å². The van der Waals surface area contributed by atoms with Gasteiger partial charge in [0.15, 0.2) is 0 Å². The van der Waals surface area contributed by atoms with Crippen molar-refractivity contribution < 1.29 is 0 Å². The fourth-order valence-electron chi connectivity index (χ4n) is 2.29. The number of rotatable bonds is 3. The largest absolute Gasteiger partial charge is 0.367 e. The Morgan fingerprint density at radius 2 is 1.94 bits per heavy atom. The molecule has 0 saturated heterocycles. The van der Waals surface area contributed by atoms with Crippen molar-refractivity contribution in [1.82, 2.24) is 15.0 Å². The lowest BCUT2D eigenvalue weighted by Crippen LogP contribution is -2.13. The highest BCUT2D eigenvalue weighted by molar-refractivity contribution is 5.75. The summed E-state index contributed by atoms with van der Waals surface area (Å²) in [6.07, 6.45) is 3.83. The summed E-state index contributed by atoms with van der Waals surface area (Å²) < 4.78 is 0. The van der Waals surface area contributed by atoms with Gasteiger partial charge in [-0.2, -0.15) is 0 Å². The summed E-state index contributed by atoms with van der Waals surface area (Å²) in [6.45, 7) is 0.526. The third-order valence-electron chi connectivity index (χ3n) is 3.20. The summed E-state index contributed by atoms with van der Waals surface area (Å²) in [5, 5.41) is 0. The van der Waals surface area contributed by atoms with Crippen LogP contribution in [0.4, 0.5) is 0 Å². The van der Waals surface area contributed by atoms with Gasteiger partial charge in [0.05, 0.1) is 11.0 Å². The van der Waals surface area contributed by atoms with Crippen LogP contribution in [0, 0.1) is 0 Å². The van der Waals surface area contributed by atoms with E-state index in [-0.39, 0.29) is 11.6 Å². The minimum atomic E-state index is -0.187. The Morgan fingerprint density at radius 3 is 2.67 bits per heavy atom. The van der Waals surface area contributed by atoms with Crippen molar-refractivity contribution in [3.8, 4) is 0 Å². The zero-order chi connectivity index (χ0) is 12.5. The number of hydrogen-bond donors (Lipinski definition) is 4. The average molecular weight is 242 g/mol. The third kappa shape index (κ3) is 1.74. The Kier molecular flexibility index (Phi) is 2.53. The van der Waals surface area contributed by atoms with Gasteiger partial charge in [0, 0.05) is 24.9 Å². The van der Waals surface area contributed by atoms with Crippen molar-refractivity contribution in [2.75, 3.05) is 6.54 Å². The van der Waals surface area contributed by atoms with Crippen molar-refractivity contribution in [2.45, 2.75) is 5.92 Å². The number of imidazole rings is 1. The van der Waals surface area contributed by atoms with Gasteiger partial charge in [-0.15, -0.1) is 0 Å². The summed E-state index contributed by atoms with van der Waals surface area (Å²) in [6, 6.07) is 7.88. The highest BCUT2D eigenvalue weighted by Gasteiger charge is 2.13. The van der Waals surface area contributed by atoms with Gasteiger partial charge in [-0.3, -0.25) is 0 Å². The summed E-state index contributed by atoms with van der Waals surface area (Å²) in [7, 11) is 0. The second-order valence-corrected chi connectivity index (χ2v) is 4.32. The smallest absolute Gasteiger partial charge is 0.323 e. The van der Waals surface area contributed by atoms with Crippen LogP contribution >= 0.6 is 0 Å². The Morgan fingerprint density at radius 1 is 1.11 bits per heavy atom. The molecule has 5 N–H and O–H groups in total. The SMILES string of the molecule is NCC(c1cc[nH]c1)c1ccc2[nH]c(=O)[nH]c2c1. The molecule has 92 valence electrons. The van der Waals surface area contributed by atoms with Gasteiger partial charge in [0.25, 0.3) is 0 Å². The molecule has 0 saturated carbocycles. The number of aromatic nitrogens is 3. The van der Waals surface area contributed by atoms with Crippen molar-refractivity contribution in [1.29, 1.82) is 0 Å². The van der Waals surface area contributed by atoms with E-state index in [1.54, 1.807) is 0 Å². The zero-order valence-electron chi connectivity index (χ0n) is 9.73. The second-order valence-electron chi connectivity index (χ2n) is 4.32. The summed E-state index contributed by atoms with van der Waals surface area (Å²) in [5.74, 6) is 0.138. The summed E-state index contributed by atoms with van der Waals surface area (Å²) in [5.41, 5.74) is 9.53. The molecule has 0 spiro atoms. The molecule has 1 atom stereocenters. The van der Waals surface area contributed by atoms with E-state index in [1.807, 2.05) is 36.7 Å². The van der Waals surface area contributed by atoms with Crippen molar-refractivity contribution in [3.05, 3.63) is 58.3 Å². The van der Waals surface area contributed by atoms with Crippen LogP contribution in [-0.4, -0.2) is 21.5 Å². The normalized spacial score (nSPS) is 12.9. The molecular formula is C13H14N4O. The topological polar surface area (TPSA) is 90.5 Å². The molecule has 3 rings (SSSR count). The zero-order valence-corrected chi connectivity index (χ0v) is 9.73. The molecule has 2 heterocycles. The fraction of sp³-hybridized carbons (Fsp3) is 0.154. The van der Waals surface area contributed by atoms with Crippen LogP contribution in [0.25, 0.3) is 11.0 Å². The maximum atomic E-state index is 11.2. The van der Waals surface area contributed by atoms with Crippen molar-refractivity contribution in [3.63, 3.8) is 0 Å². The number of fused-ring (bicyclic) bond motifs is 1. The van der Waals surface area contributed by atoms with Crippen LogP contribution in [0.5, 0.6) is 0 Å². The van der Waals surface area contributed by atoms with Gasteiger partial charge >= 0.3 is 5.69 Å². The van der Waals surface area contributed by atoms with Crippen LogP contribution in [0.3, 0.4) is 0 Å². The summed E-state index contributed by atoms with van der Waals surface area (Å²) in [4.78, 5) is 19.8. The van der Waals surface area contributed by atoms with Gasteiger partial charge in [-0.1, -0.05) is 6.07 Å². The van der Waals surface area contributed by atoms with Gasteiger partial charge < -0.3 is 20.7 Å². The fourth-order valence-corrected chi connectivity index (χ4v) is 2.29. The van der Waals surface area contributed by atoms with Crippen LogP contribution in [0.15, 0.2) is 41.5 Å². The van der Waals surface area contributed by atoms with Gasteiger partial charge in [-0.25, -0.2) is 4.79 Å². The van der Waals surface area contributed by atoms with E-state index in [0.717, 1.165) is 22.2 Å².